The number of benzene rings is 1. The molecule has 1 fully saturated rings. The summed E-state index contributed by atoms with van der Waals surface area (Å²) in [6, 6.07) is 9.41. The first kappa shape index (κ1) is 24.8. The molecule has 3 heterocycles. The van der Waals surface area contributed by atoms with Crippen molar-refractivity contribution in [1.29, 1.82) is 5.41 Å². The van der Waals surface area contributed by atoms with E-state index >= 15 is 0 Å². The van der Waals surface area contributed by atoms with Crippen molar-refractivity contribution in [2.45, 2.75) is 6.92 Å². The Bertz CT molecular complexity index is 1370. The molecule has 1 saturated heterocycles. The van der Waals surface area contributed by atoms with Gasteiger partial charge in [-0.3, -0.25) is 34.3 Å². The monoisotopic (exact) mass is 513 g/mol. The van der Waals surface area contributed by atoms with E-state index in [4.69, 9.17) is 15.9 Å². The first-order valence-electron chi connectivity index (χ1n) is 10.7. The van der Waals surface area contributed by atoms with Gasteiger partial charge >= 0.3 is 0 Å². The van der Waals surface area contributed by atoms with Gasteiger partial charge in [0.2, 0.25) is 0 Å². The Morgan fingerprint density at radius 3 is 2.47 bits per heavy atom. The summed E-state index contributed by atoms with van der Waals surface area (Å²) < 4.78 is 38.3. The van der Waals surface area contributed by atoms with Crippen LogP contribution in [0.5, 0.6) is 0 Å². The van der Waals surface area contributed by atoms with Crippen LogP contribution in [0.15, 0.2) is 59.0 Å². The fourth-order valence-corrected chi connectivity index (χ4v) is 4.33. The van der Waals surface area contributed by atoms with E-state index in [2.05, 4.69) is 9.98 Å². The first-order chi connectivity index (χ1) is 17.0. The molecule has 14 heteroatoms. The number of anilines is 3. The molecule has 2 aliphatic rings. The number of nitrogens with zero attached hydrogens (tertiary/aromatic N) is 5. The molecule has 1 aromatic heterocycles. The van der Waals surface area contributed by atoms with Crippen molar-refractivity contribution < 1.29 is 27.3 Å². The SMILES string of the molecule is Cc1ccc(N2CC=NC(C(=O)N(CS(=O)(=O)O)c3ccc(N4CCOC4=N)cc3)=C2C(N)=O)nc1. The van der Waals surface area contributed by atoms with Crippen LogP contribution in [0.1, 0.15) is 5.56 Å². The maximum Gasteiger partial charge on any atom is 0.289 e. The summed E-state index contributed by atoms with van der Waals surface area (Å²) >= 11 is 0. The second-order valence-corrected chi connectivity index (χ2v) is 9.37. The number of carbonyl (C=O) groups is 2. The Morgan fingerprint density at radius 1 is 1.19 bits per heavy atom. The average molecular weight is 514 g/mol. The molecule has 2 aromatic rings. The van der Waals surface area contributed by atoms with Crippen LogP contribution in [-0.4, -0.2) is 67.6 Å². The molecule has 4 rings (SSSR count). The fraction of sp³-hybridized carbons (Fsp3) is 0.227. The summed E-state index contributed by atoms with van der Waals surface area (Å²) in [5, 5.41) is 7.82. The smallest absolute Gasteiger partial charge is 0.289 e. The van der Waals surface area contributed by atoms with Crippen LogP contribution in [0.25, 0.3) is 0 Å². The zero-order chi connectivity index (χ0) is 26.0. The third kappa shape index (κ3) is 5.18. The van der Waals surface area contributed by atoms with Crippen molar-refractivity contribution in [2.24, 2.45) is 10.7 Å². The number of ether oxygens (including phenoxy) is 1. The second-order valence-electron chi connectivity index (χ2n) is 7.94. The van der Waals surface area contributed by atoms with Gasteiger partial charge < -0.3 is 15.4 Å². The molecule has 2 aliphatic heterocycles. The number of nitrogens with one attached hydrogen (secondary N) is 1. The van der Waals surface area contributed by atoms with E-state index in [-0.39, 0.29) is 24.0 Å². The molecule has 0 saturated carbocycles. The molecule has 13 nitrogen and oxygen atoms in total. The van der Waals surface area contributed by atoms with Gasteiger partial charge in [0.05, 0.1) is 13.1 Å². The lowest BCUT2D eigenvalue weighted by Gasteiger charge is -2.29. The van der Waals surface area contributed by atoms with Gasteiger partial charge in [0.1, 0.15) is 18.1 Å². The number of aryl methyl sites for hydroxylation is 1. The molecule has 4 N–H and O–H groups in total. The normalized spacial score (nSPS) is 15.8. The van der Waals surface area contributed by atoms with Crippen LogP contribution < -0.4 is 20.4 Å². The quantitative estimate of drug-likeness (QED) is 0.447. The summed E-state index contributed by atoms with van der Waals surface area (Å²) in [6.45, 7) is 2.74. The van der Waals surface area contributed by atoms with Crippen molar-refractivity contribution in [2.75, 3.05) is 40.3 Å². The molecule has 0 unspecified atom stereocenters. The van der Waals surface area contributed by atoms with Crippen LogP contribution in [0.4, 0.5) is 17.2 Å². The van der Waals surface area contributed by atoms with Crippen LogP contribution in [0.2, 0.25) is 0 Å². The molecule has 36 heavy (non-hydrogen) atoms. The number of aliphatic imine (C=N–C) groups is 1. The molecule has 1 aromatic carbocycles. The summed E-state index contributed by atoms with van der Waals surface area (Å²) in [5.74, 6) is -2.69. The van der Waals surface area contributed by atoms with Gasteiger partial charge in [-0.2, -0.15) is 8.42 Å². The number of pyridine rings is 1. The number of rotatable bonds is 7. The lowest BCUT2D eigenvalue weighted by atomic mass is 10.2. The zero-order valence-corrected chi connectivity index (χ0v) is 20.0. The number of nitrogens with two attached hydrogens (primary N) is 1. The molecule has 0 aliphatic carbocycles. The molecule has 0 atom stereocenters. The summed E-state index contributed by atoms with van der Waals surface area (Å²) in [7, 11) is -4.67. The molecular formula is C22H23N7O6S. The standard InChI is InChI=1S/C22H23N7O6S/c1-14-2-7-17(26-12-14)28-9-8-25-18(19(28)20(23)30)21(31)29(13-36(32,33)34)16-5-3-15(4-6-16)27-10-11-35-22(27)24/h2-8,12,24H,9-11,13H2,1H3,(H2,23,30)(H,32,33,34). The number of primary amides is 1. The van der Waals surface area contributed by atoms with E-state index in [1.807, 2.05) is 6.92 Å². The Morgan fingerprint density at radius 2 is 1.92 bits per heavy atom. The Kier molecular flexibility index (Phi) is 6.72. The van der Waals surface area contributed by atoms with E-state index in [0.717, 1.165) is 10.5 Å². The molecule has 2 amide bonds. The van der Waals surface area contributed by atoms with Crippen molar-refractivity contribution in [3.63, 3.8) is 0 Å². The maximum absolute atomic E-state index is 13.6. The van der Waals surface area contributed by atoms with E-state index in [9.17, 15) is 22.6 Å². The lowest BCUT2D eigenvalue weighted by molar-refractivity contribution is -0.117. The van der Waals surface area contributed by atoms with Crippen LogP contribution in [0.3, 0.4) is 0 Å². The molecule has 188 valence electrons. The molecular weight excluding hydrogens is 490 g/mol. The van der Waals surface area contributed by atoms with Gasteiger partial charge in [-0.15, -0.1) is 0 Å². The van der Waals surface area contributed by atoms with Crippen molar-refractivity contribution >= 4 is 51.4 Å². The number of amidine groups is 1. The highest BCUT2D eigenvalue weighted by atomic mass is 32.2. The number of aromatic nitrogens is 1. The topological polar surface area (TPSA) is 183 Å². The van der Waals surface area contributed by atoms with Crippen molar-refractivity contribution in [3.05, 3.63) is 59.6 Å². The van der Waals surface area contributed by atoms with E-state index in [1.54, 1.807) is 35.4 Å². The molecule has 0 spiro atoms. The number of hydrogen-bond acceptors (Lipinski definition) is 9. The average Bonchev–Trinajstić information content (AvgIpc) is 3.27. The third-order valence-electron chi connectivity index (χ3n) is 5.40. The van der Waals surface area contributed by atoms with Gasteiger partial charge in [0.15, 0.2) is 11.6 Å². The minimum absolute atomic E-state index is 0.0359. The summed E-state index contributed by atoms with van der Waals surface area (Å²) in [5.41, 5.74) is 6.50. The van der Waals surface area contributed by atoms with Crippen molar-refractivity contribution in [1.82, 2.24) is 4.98 Å². The Balaban J connectivity index is 1.74. The number of amides is 2. The predicted octanol–water partition coefficient (Wildman–Crippen LogP) is 0.628. The predicted molar refractivity (Wildman–Crippen MR) is 132 cm³/mol. The van der Waals surface area contributed by atoms with Gasteiger partial charge in [-0.1, -0.05) is 6.07 Å². The Hall–Kier alpha value is -4.30. The third-order valence-corrected chi connectivity index (χ3v) is 5.98. The van der Waals surface area contributed by atoms with Crippen molar-refractivity contribution in [3.8, 4) is 0 Å². The second kappa shape index (κ2) is 9.75. The highest BCUT2D eigenvalue weighted by Gasteiger charge is 2.33. The van der Waals surface area contributed by atoms with E-state index < -0.39 is 33.5 Å². The molecule has 0 bridgehead atoms. The Labute approximate surface area is 206 Å². The van der Waals surface area contributed by atoms with Gasteiger partial charge in [0.25, 0.3) is 28.0 Å². The summed E-state index contributed by atoms with van der Waals surface area (Å²) in [4.78, 5) is 38.1. The number of carbonyl (C=O) groups excluding carboxylic acids is 2. The minimum Gasteiger partial charge on any atom is -0.463 e. The van der Waals surface area contributed by atoms with Gasteiger partial charge in [-0.05, 0) is 42.8 Å². The fourth-order valence-electron chi connectivity index (χ4n) is 3.74. The zero-order valence-electron chi connectivity index (χ0n) is 19.2. The lowest BCUT2D eigenvalue weighted by Crippen LogP contribution is -2.42. The van der Waals surface area contributed by atoms with E-state index in [1.165, 1.54) is 23.2 Å². The highest BCUT2D eigenvalue weighted by Crippen LogP contribution is 2.28. The number of hydrogen-bond donors (Lipinski definition) is 3. The maximum atomic E-state index is 13.6. The molecule has 0 radical (unpaired) electrons. The minimum atomic E-state index is -4.67. The van der Waals surface area contributed by atoms with Crippen LogP contribution in [0, 0.1) is 12.3 Å². The van der Waals surface area contributed by atoms with Crippen LogP contribution in [-0.2, 0) is 24.4 Å². The first-order valence-corrected chi connectivity index (χ1v) is 12.3. The van der Waals surface area contributed by atoms with Crippen LogP contribution >= 0.6 is 0 Å². The van der Waals surface area contributed by atoms with Gasteiger partial charge in [0, 0.05) is 23.8 Å². The van der Waals surface area contributed by atoms with E-state index in [0.29, 0.717) is 24.7 Å². The largest absolute Gasteiger partial charge is 0.463 e. The van der Waals surface area contributed by atoms with Gasteiger partial charge in [-0.25, -0.2) is 4.98 Å². The summed E-state index contributed by atoms with van der Waals surface area (Å²) in [6.07, 6.45) is 2.95. The highest BCUT2D eigenvalue weighted by molar-refractivity contribution is 7.85.